The number of nitro benzene ring substituents is 2. The van der Waals surface area contributed by atoms with Crippen LogP contribution in [0.5, 0.6) is 11.5 Å². The fraction of sp³-hybridized carbons (Fsp3) is 0.550. The molecule has 16 nitrogen and oxygen atoms in total. The van der Waals surface area contributed by atoms with E-state index in [1.165, 1.54) is 24.3 Å². The van der Waals surface area contributed by atoms with Crippen molar-refractivity contribution < 1.29 is 38.6 Å². The molecule has 0 saturated heterocycles. The second-order valence-corrected chi connectivity index (χ2v) is 29.8. The minimum absolute atomic E-state index is 0.000277. The highest BCUT2D eigenvalue weighted by Gasteiger charge is 2.36. The minimum Gasteiger partial charge on any atom is -0.467 e. The Kier molecular flexibility index (Phi) is 19.8. The van der Waals surface area contributed by atoms with E-state index in [0.29, 0.717) is 29.2 Å². The predicted octanol–water partition coefficient (Wildman–Crippen LogP) is 8.58. The molecule has 0 aliphatic heterocycles. The summed E-state index contributed by atoms with van der Waals surface area (Å²) in [5.41, 5.74) is 3.00. The van der Waals surface area contributed by atoms with Crippen LogP contribution in [0.25, 0.3) is 11.3 Å². The molecular weight excluding hydrogens is 871 g/mol. The third-order valence-electron chi connectivity index (χ3n) is 9.38. The van der Waals surface area contributed by atoms with E-state index in [9.17, 15) is 25.3 Å². The average Bonchev–Trinajstić information content (AvgIpc) is 3.64. The highest BCUT2D eigenvalue weighted by Crippen LogP contribution is 2.35. The largest absolute Gasteiger partial charge is 0.467 e. The summed E-state index contributed by atoms with van der Waals surface area (Å²) in [6.07, 6.45) is 3.54. The Morgan fingerprint density at radius 3 is 1.67 bits per heavy atom. The number of hydrogen-bond donors (Lipinski definition) is 1. The number of rotatable bonds is 19. The van der Waals surface area contributed by atoms with Gasteiger partial charge in [0.05, 0.1) is 55.7 Å². The first-order valence-corrected chi connectivity index (χ1v) is 27.7. The Bertz CT molecular complexity index is 1970. The summed E-state index contributed by atoms with van der Waals surface area (Å²) in [5.74, 6) is 0.844. The topological polar surface area (TPSA) is 188 Å². The molecule has 4 aromatic rings. The smallest absolute Gasteiger partial charge is 0.351 e. The number of aryl methyl sites for hydroxylation is 4. The number of ether oxygens (including phenoxy) is 4. The first kappa shape index (κ1) is 52.2. The molecule has 0 amide bonds. The van der Waals surface area contributed by atoms with Crippen molar-refractivity contribution in [2.24, 2.45) is 14.1 Å². The molecule has 331 valence electrons. The number of halogens is 1. The van der Waals surface area contributed by atoms with Gasteiger partial charge in [0.25, 0.3) is 11.4 Å². The second-order valence-electron chi connectivity index (χ2n) is 17.7. The van der Waals surface area contributed by atoms with Gasteiger partial charge in [-0.1, -0.05) is 39.3 Å². The van der Waals surface area contributed by atoms with Gasteiger partial charge in [0.15, 0.2) is 13.6 Å². The highest BCUT2D eigenvalue weighted by molar-refractivity contribution is 9.10. The van der Waals surface area contributed by atoms with Crippen molar-refractivity contribution in [3.05, 3.63) is 84.6 Å². The van der Waals surface area contributed by atoms with Crippen molar-refractivity contribution in [1.29, 1.82) is 0 Å². The van der Waals surface area contributed by atoms with Crippen LogP contribution < -0.4 is 15.1 Å². The first-order valence-electron chi connectivity index (χ1n) is 19.5. The van der Waals surface area contributed by atoms with Crippen LogP contribution in [0.3, 0.4) is 0 Å². The molecule has 0 aliphatic rings. The van der Waals surface area contributed by atoms with E-state index in [4.69, 9.17) is 23.6 Å². The van der Waals surface area contributed by atoms with Gasteiger partial charge in [-0.25, -0.2) is 0 Å². The lowest BCUT2D eigenvalue weighted by Crippen LogP contribution is -2.50. The Labute approximate surface area is 365 Å². The lowest BCUT2D eigenvalue weighted by Gasteiger charge is -2.37. The molecule has 2 heterocycles. The number of aliphatic hydroxyl groups is 1. The second kappa shape index (κ2) is 22.8. The van der Waals surface area contributed by atoms with Gasteiger partial charge in [0, 0.05) is 66.7 Å². The number of nitrogens with zero attached hydrogens (tertiary/aromatic N) is 6. The van der Waals surface area contributed by atoms with Crippen molar-refractivity contribution in [3.63, 3.8) is 0 Å². The Balaban J connectivity index is 0.000000319. The molecule has 0 atom stereocenters. The quantitative estimate of drug-likeness (QED) is 0.0311. The summed E-state index contributed by atoms with van der Waals surface area (Å²) in [6.45, 7) is 26.2. The van der Waals surface area contributed by atoms with E-state index in [1.807, 2.05) is 41.8 Å². The number of non-ortho nitro benzene ring substituents is 2. The zero-order chi connectivity index (χ0) is 45.6. The molecule has 0 saturated carbocycles. The molecule has 1 radical (unpaired) electrons. The van der Waals surface area contributed by atoms with E-state index in [2.05, 4.69) is 65.4 Å². The maximum atomic E-state index is 11.1. The molecule has 0 bridgehead atoms. The number of nitro groups is 2. The van der Waals surface area contributed by atoms with Crippen LogP contribution in [0.1, 0.15) is 38.8 Å². The number of aromatic nitrogens is 4. The van der Waals surface area contributed by atoms with E-state index in [0.717, 1.165) is 40.1 Å². The monoisotopic (exact) mass is 933 g/mol. The lowest BCUT2D eigenvalue weighted by atomic mass is 9.84. The molecule has 0 unspecified atom stereocenters. The van der Waals surface area contributed by atoms with Gasteiger partial charge < -0.3 is 28.7 Å². The van der Waals surface area contributed by atoms with Crippen LogP contribution in [-0.2, 0) is 28.2 Å². The molecule has 60 heavy (non-hydrogen) atoms. The number of benzene rings is 2. The third kappa shape index (κ3) is 17.6. The van der Waals surface area contributed by atoms with Crippen molar-refractivity contribution in [2.45, 2.75) is 104 Å². The standard InChI is InChI=1S/C17H25N3O4Si.C12H18BrNO4Si.C11H20BN2O2/c1-13-11-18-19(2)17(13)15-7-6-14(20(21)22)10-16(15)24-12-23-8-9-25(3,4)5;1-19(2,3)7-6-17-9-18-12-8-10(14(15)16)4-5-11(12)13;1-8-7-13-14(6)9(8)12-16-11(4,5)10(2,3)15/h6-7,10-11H,8-9,12H2,1-5H3;4-5,8H,6-7,9H2,1-3H3;7,15H,1-6H3. The lowest BCUT2D eigenvalue weighted by molar-refractivity contribution is -0.385. The Morgan fingerprint density at radius 1 is 0.767 bits per heavy atom. The molecule has 0 aliphatic carbocycles. The normalized spacial score (nSPS) is 11.9. The van der Waals surface area contributed by atoms with Crippen LogP contribution in [0.15, 0.2) is 53.3 Å². The third-order valence-corrected chi connectivity index (χ3v) is 13.4. The maximum absolute atomic E-state index is 11.1. The fourth-order valence-corrected chi connectivity index (χ4v) is 6.62. The summed E-state index contributed by atoms with van der Waals surface area (Å²) in [5, 5.41) is 40.0. The molecule has 20 heteroatoms. The zero-order valence-corrected chi connectivity index (χ0v) is 41.2. The van der Waals surface area contributed by atoms with E-state index < -0.39 is 37.2 Å². The summed E-state index contributed by atoms with van der Waals surface area (Å²) < 4.78 is 31.9. The van der Waals surface area contributed by atoms with Gasteiger partial charge >= 0.3 is 7.48 Å². The van der Waals surface area contributed by atoms with Crippen LogP contribution >= 0.6 is 15.9 Å². The van der Waals surface area contributed by atoms with Gasteiger partial charge in [-0.2, -0.15) is 10.2 Å². The van der Waals surface area contributed by atoms with E-state index in [1.54, 1.807) is 55.2 Å². The summed E-state index contributed by atoms with van der Waals surface area (Å²) in [4.78, 5) is 20.9. The molecule has 2 aromatic heterocycles. The van der Waals surface area contributed by atoms with Gasteiger partial charge in [-0.15, -0.1) is 0 Å². The Hall–Kier alpha value is -3.92. The molecular formula is C40H63BBrN6O10Si2. The molecule has 2 aromatic carbocycles. The summed E-state index contributed by atoms with van der Waals surface area (Å²) in [6, 6.07) is 11.1. The predicted molar refractivity (Wildman–Crippen MR) is 245 cm³/mol. The van der Waals surface area contributed by atoms with Gasteiger partial charge in [-0.05, 0) is 92.8 Å². The van der Waals surface area contributed by atoms with E-state index >= 15 is 0 Å². The van der Waals surface area contributed by atoms with Crippen LogP contribution in [-0.4, -0.2) is 96.1 Å². The molecule has 0 fully saturated rings. The number of hydrogen-bond acceptors (Lipinski definition) is 12. The zero-order valence-electron chi connectivity index (χ0n) is 37.6. The van der Waals surface area contributed by atoms with Crippen LogP contribution in [0.2, 0.25) is 51.4 Å². The van der Waals surface area contributed by atoms with Crippen molar-refractivity contribution in [3.8, 4) is 22.8 Å². The fourth-order valence-electron chi connectivity index (χ4n) is 4.75. The maximum Gasteiger partial charge on any atom is 0.351 e. The first-order chi connectivity index (χ1) is 27.6. The van der Waals surface area contributed by atoms with Crippen molar-refractivity contribution in [2.75, 3.05) is 26.8 Å². The van der Waals surface area contributed by atoms with Crippen molar-refractivity contribution in [1.82, 2.24) is 19.6 Å². The molecule has 4 rings (SSSR count). The SMILES string of the molecule is C[Si](C)(C)CCOCOc1cc([N+](=O)[O-])ccc1Br.Cc1cnn(C)c1-c1ccc([N+](=O)[O-])cc1OCOCC[Si](C)(C)C.Cc1cnn(C)c1[B]OC(C)(C)C(C)(C)O. The van der Waals surface area contributed by atoms with Crippen LogP contribution in [0, 0.1) is 34.1 Å². The van der Waals surface area contributed by atoms with Crippen molar-refractivity contribution >= 4 is 56.5 Å². The summed E-state index contributed by atoms with van der Waals surface area (Å²) in [7, 11) is 3.08. The van der Waals surface area contributed by atoms with Gasteiger partial charge in [-0.3, -0.25) is 29.6 Å². The summed E-state index contributed by atoms with van der Waals surface area (Å²) >= 11 is 3.28. The highest BCUT2D eigenvalue weighted by atomic mass is 79.9. The minimum atomic E-state index is -1.16. The van der Waals surface area contributed by atoms with Gasteiger partial charge in [0.1, 0.15) is 11.5 Å². The average molecular weight is 935 g/mol. The molecule has 1 N–H and O–H groups in total. The Morgan fingerprint density at radius 2 is 1.23 bits per heavy atom. The van der Waals surface area contributed by atoms with Gasteiger partial charge in [0.2, 0.25) is 0 Å². The van der Waals surface area contributed by atoms with E-state index in [-0.39, 0.29) is 25.0 Å². The molecule has 0 spiro atoms. The van der Waals surface area contributed by atoms with Crippen LogP contribution in [0.4, 0.5) is 11.4 Å².